The molecule has 0 saturated heterocycles. The minimum absolute atomic E-state index is 0.0532. The number of rotatable bonds is 9. The first-order valence-corrected chi connectivity index (χ1v) is 10.8. The molecule has 1 heterocycles. The third-order valence-electron chi connectivity index (χ3n) is 5.70. The SMILES string of the molecule is Cc1ccccc1C(CC(=NO)c1ccc(=O)n(C)c1)c1ccc(C(=O)NCCC(=O)O)cc1. The van der Waals surface area contributed by atoms with Gasteiger partial charge in [-0.15, -0.1) is 0 Å². The third kappa shape index (κ3) is 5.98. The second kappa shape index (κ2) is 11.1. The number of aromatic nitrogens is 1. The lowest BCUT2D eigenvalue weighted by Crippen LogP contribution is -2.26. The van der Waals surface area contributed by atoms with Gasteiger partial charge >= 0.3 is 5.97 Å². The molecule has 3 aromatic rings. The average molecular weight is 462 g/mol. The minimum atomic E-state index is -0.975. The van der Waals surface area contributed by atoms with Gasteiger partial charge in [0.2, 0.25) is 5.56 Å². The molecule has 0 spiro atoms. The first-order valence-electron chi connectivity index (χ1n) is 10.8. The molecular weight excluding hydrogens is 434 g/mol. The van der Waals surface area contributed by atoms with Crippen molar-refractivity contribution in [1.29, 1.82) is 0 Å². The van der Waals surface area contributed by atoms with Crippen LogP contribution in [-0.4, -0.2) is 39.0 Å². The van der Waals surface area contributed by atoms with Gasteiger partial charge in [-0.3, -0.25) is 14.4 Å². The highest BCUT2D eigenvalue weighted by Gasteiger charge is 2.21. The second-order valence-electron chi connectivity index (χ2n) is 8.05. The van der Waals surface area contributed by atoms with E-state index in [1.807, 2.05) is 43.3 Å². The molecule has 0 aliphatic carbocycles. The van der Waals surface area contributed by atoms with E-state index in [0.29, 0.717) is 23.3 Å². The van der Waals surface area contributed by atoms with E-state index in [2.05, 4.69) is 10.5 Å². The highest BCUT2D eigenvalue weighted by molar-refractivity contribution is 6.00. The Morgan fingerprint density at radius 3 is 2.32 bits per heavy atom. The zero-order valence-electron chi connectivity index (χ0n) is 19.1. The number of pyridine rings is 1. The predicted molar refractivity (Wildman–Crippen MR) is 129 cm³/mol. The fourth-order valence-electron chi connectivity index (χ4n) is 3.81. The van der Waals surface area contributed by atoms with Crippen molar-refractivity contribution in [3.63, 3.8) is 0 Å². The van der Waals surface area contributed by atoms with Gasteiger partial charge in [0.25, 0.3) is 5.91 Å². The molecule has 0 aliphatic heterocycles. The zero-order valence-corrected chi connectivity index (χ0v) is 19.1. The molecule has 1 unspecified atom stereocenters. The second-order valence-corrected chi connectivity index (χ2v) is 8.05. The van der Waals surface area contributed by atoms with Crippen LogP contribution in [0, 0.1) is 6.92 Å². The Morgan fingerprint density at radius 1 is 1.03 bits per heavy atom. The molecular formula is C26H27N3O5. The molecule has 2 aromatic carbocycles. The van der Waals surface area contributed by atoms with Crippen LogP contribution in [0.1, 0.15) is 51.4 Å². The number of hydrogen-bond donors (Lipinski definition) is 3. The van der Waals surface area contributed by atoms with Gasteiger partial charge in [0.15, 0.2) is 0 Å². The fraction of sp³-hybridized carbons (Fsp3) is 0.231. The van der Waals surface area contributed by atoms with E-state index in [1.54, 1.807) is 31.4 Å². The number of benzene rings is 2. The van der Waals surface area contributed by atoms with E-state index in [1.165, 1.54) is 10.6 Å². The number of nitrogens with one attached hydrogen (secondary N) is 1. The summed E-state index contributed by atoms with van der Waals surface area (Å²) >= 11 is 0. The quantitative estimate of drug-likeness (QED) is 0.256. The number of nitrogens with zero attached hydrogens (tertiary/aromatic N) is 2. The van der Waals surface area contributed by atoms with Gasteiger partial charge in [0, 0.05) is 49.3 Å². The van der Waals surface area contributed by atoms with Crippen molar-refractivity contribution in [2.45, 2.75) is 25.7 Å². The molecule has 8 heteroatoms. The molecule has 176 valence electrons. The molecule has 1 atom stereocenters. The number of amides is 1. The van der Waals surface area contributed by atoms with E-state index < -0.39 is 5.97 Å². The maximum atomic E-state index is 12.3. The van der Waals surface area contributed by atoms with Crippen molar-refractivity contribution >= 4 is 17.6 Å². The Morgan fingerprint density at radius 2 is 1.71 bits per heavy atom. The van der Waals surface area contributed by atoms with Crippen LogP contribution in [0.25, 0.3) is 0 Å². The van der Waals surface area contributed by atoms with Crippen LogP contribution < -0.4 is 10.9 Å². The summed E-state index contributed by atoms with van der Waals surface area (Å²) in [5, 5.41) is 24.7. The molecule has 1 aromatic heterocycles. The lowest BCUT2D eigenvalue weighted by Gasteiger charge is -2.21. The van der Waals surface area contributed by atoms with Crippen molar-refractivity contribution in [2.24, 2.45) is 12.2 Å². The molecule has 0 bridgehead atoms. The highest BCUT2D eigenvalue weighted by Crippen LogP contribution is 2.32. The number of carboxylic acids is 1. The summed E-state index contributed by atoms with van der Waals surface area (Å²) in [5.41, 5.74) is 4.37. The van der Waals surface area contributed by atoms with Crippen LogP contribution in [0.2, 0.25) is 0 Å². The summed E-state index contributed by atoms with van der Waals surface area (Å²) < 4.78 is 1.43. The number of carboxylic acid groups (broad SMARTS) is 1. The number of carbonyl (C=O) groups excluding carboxylic acids is 1. The summed E-state index contributed by atoms with van der Waals surface area (Å²) in [7, 11) is 1.64. The maximum absolute atomic E-state index is 12.3. The van der Waals surface area contributed by atoms with Crippen LogP contribution in [-0.2, 0) is 11.8 Å². The molecule has 0 radical (unpaired) electrons. The van der Waals surface area contributed by atoms with Crippen molar-refractivity contribution in [1.82, 2.24) is 9.88 Å². The smallest absolute Gasteiger partial charge is 0.305 e. The summed E-state index contributed by atoms with van der Waals surface area (Å²) in [6, 6.07) is 18.1. The van der Waals surface area contributed by atoms with Crippen LogP contribution in [0.4, 0.5) is 0 Å². The van der Waals surface area contributed by atoms with Gasteiger partial charge in [0.1, 0.15) is 0 Å². The molecule has 0 aliphatic rings. The molecule has 1 amide bonds. The Kier molecular flexibility index (Phi) is 7.97. The molecule has 3 rings (SSSR count). The fourth-order valence-corrected chi connectivity index (χ4v) is 3.81. The molecule has 34 heavy (non-hydrogen) atoms. The van der Waals surface area contributed by atoms with E-state index in [-0.39, 0.29) is 30.3 Å². The van der Waals surface area contributed by atoms with Crippen molar-refractivity contribution in [2.75, 3.05) is 6.54 Å². The topological polar surface area (TPSA) is 121 Å². The largest absolute Gasteiger partial charge is 0.481 e. The minimum Gasteiger partial charge on any atom is -0.481 e. The summed E-state index contributed by atoms with van der Waals surface area (Å²) in [6.45, 7) is 2.06. The monoisotopic (exact) mass is 461 g/mol. The van der Waals surface area contributed by atoms with Crippen LogP contribution in [0.3, 0.4) is 0 Å². The van der Waals surface area contributed by atoms with Gasteiger partial charge in [-0.05, 0) is 41.8 Å². The first kappa shape index (κ1) is 24.4. The van der Waals surface area contributed by atoms with Crippen molar-refractivity contribution in [3.8, 4) is 0 Å². The summed E-state index contributed by atoms with van der Waals surface area (Å²) in [5.74, 6) is -1.49. The van der Waals surface area contributed by atoms with Gasteiger partial charge in [-0.1, -0.05) is 41.6 Å². The first-order chi connectivity index (χ1) is 16.3. The molecule has 0 fully saturated rings. The number of hydrogen-bond acceptors (Lipinski definition) is 5. The van der Waals surface area contributed by atoms with E-state index in [4.69, 9.17) is 5.11 Å². The zero-order chi connectivity index (χ0) is 24.7. The van der Waals surface area contributed by atoms with Gasteiger partial charge in [0.05, 0.1) is 12.1 Å². The predicted octanol–water partition coefficient (Wildman–Crippen LogP) is 3.30. The lowest BCUT2D eigenvalue weighted by atomic mass is 9.83. The standard InChI is InChI=1S/C26H27N3O5/c1-17-5-3-4-6-21(17)22(15-23(28-34)20-11-12-24(30)29(2)16-20)18-7-9-19(10-8-18)26(33)27-14-13-25(31)32/h3-12,16,22,34H,13-15H2,1-2H3,(H,27,33)(H,31,32). The Balaban J connectivity index is 1.92. The van der Waals surface area contributed by atoms with Gasteiger partial charge in [-0.25, -0.2) is 0 Å². The maximum Gasteiger partial charge on any atom is 0.305 e. The normalized spacial score (nSPS) is 12.2. The van der Waals surface area contributed by atoms with E-state index in [0.717, 1.165) is 16.7 Å². The molecule has 8 nitrogen and oxygen atoms in total. The van der Waals surface area contributed by atoms with Crippen LogP contribution in [0.15, 0.2) is 76.8 Å². The van der Waals surface area contributed by atoms with E-state index in [9.17, 15) is 19.6 Å². The van der Waals surface area contributed by atoms with Gasteiger partial charge < -0.3 is 20.2 Å². The molecule has 3 N–H and O–H groups in total. The summed E-state index contributed by atoms with van der Waals surface area (Å²) in [6.07, 6.45) is 1.86. The Labute approximate surface area is 197 Å². The Bertz CT molecular complexity index is 1260. The third-order valence-corrected chi connectivity index (χ3v) is 5.70. The van der Waals surface area contributed by atoms with Crippen molar-refractivity contribution in [3.05, 3.63) is 105 Å². The Hall–Kier alpha value is -4.20. The average Bonchev–Trinajstić information content (AvgIpc) is 2.82. The van der Waals surface area contributed by atoms with Crippen LogP contribution in [0.5, 0.6) is 0 Å². The van der Waals surface area contributed by atoms with E-state index >= 15 is 0 Å². The summed E-state index contributed by atoms with van der Waals surface area (Å²) in [4.78, 5) is 34.7. The number of aliphatic carboxylic acids is 1. The number of oxime groups is 1. The molecule has 0 saturated carbocycles. The van der Waals surface area contributed by atoms with Crippen molar-refractivity contribution < 1.29 is 19.9 Å². The number of aryl methyl sites for hydroxylation is 2. The van der Waals surface area contributed by atoms with Crippen LogP contribution >= 0.6 is 0 Å². The highest BCUT2D eigenvalue weighted by atomic mass is 16.4. The lowest BCUT2D eigenvalue weighted by molar-refractivity contribution is -0.136. The van der Waals surface area contributed by atoms with Gasteiger partial charge in [-0.2, -0.15) is 0 Å². The number of carbonyl (C=O) groups is 2.